The van der Waals surface area contributed by atoms with E-state index in [2.05, 4.69) is 10.6 Å². The van der Waals surface area contributed by atoms with E-state index in [1.807, 2.05) is 13.0 Å². The monoisotopic (exact) mass is 422 g/mol. The second-order valence-electron chi connectivity index (χ2n) is 7.45. The molecule has 2 amide bonds. The van der Waals surface area contributed by atoms with Crippen LogP contribution in [0.1, 0.15) is 55.6 Å². The summed E-state index contributed by atoms with van der Waals surface area (Å²) in [5.74, 6) is -0.577. The van der Waals surface area contributed by atoms with Crippen molar-refractivity contribution >= 4 is 18.0 Å². The van der Waals surface area contributed by atoms with Crippen LogP contribution in [0.3, 0.4) is 0 Å². The third kappa shape index (κ3) is 5.51. The Morgan fingerprint density at radius 2 is 1.68 bits per heavy atom. The molecular weight excluding hydrogens is 396 g/mol. The summed E-state index contributed by atoms with van der Waals surface area (Å²) >= 11 is 0. The fourth-order valence-electron chi connectivity index (χ4n) is 3.30. The number of amides is 2. The fraction of sp³-hybridized carbons (Fsp3) is 0.292. The first-order chi connectivity index (χ1) is 14.9. The van der Waals surface area contributed by atoms with E-state index in [1.54, 1.807) is 62.4 Å². The van der Waals surface area contributed by atoms with Crippen LogP contribution in [0, 0.1) is 0 Å². The van der Waals surface area contributed by atoms with E-state index in [-0.39, 0.29) is 12.1 Å². The smallest absolute Gasteiger partial charge is 0.343 e. The van der Waals surface area contributed by atoms with Gasteiger partial charge in [0.1, 0.15) is 5.75 Å². The largest absolute Gasteiger partial charge is 0.459 e. The summed E-state index contributed by atoms with van der Waals surface area (Å²) in [6.07, 6.45) is 1.01. The topological polar surface area (TPSA) is 93.7 Å². The minimum Gasteiger partial charge on any atom is -0.459 e. The standard InChI is InChI=1S/C24H26N2O5/c1-4-8-19-20(23(28)30-15(2)3)21(26-24(29)25-19)16-11-13-18(14-12-16)31-22(27)17-9-6-5-7-10-17/h5-7,9-15,21H,4,8H2,1-3H3,(H2,25,26,29). The van der Waals surface area contributed by atoms with Gasteiger partial charge in [0, 0.05) is 5.70 Å². The average Bonchev–Trinajstić information content (AvgIpc) is 2.74. The first-order valence-corrected chi connectivity index (χ1v) is 10.3. The van der Waals surface area contributed by atoms with Crippen LogP contribution in [-0.2, 0) is 9.53 Å². The van der Waals surface area contributed by atoms with Gasteiger partial charge in [-0.15, -0.1) is 0 Å². The quantitative estimate of drug-likeness (QED) is 0.514. The molecule has 1 aliphatic heterocycles. The molecule has 0 radical (unpaired) electrons. The summed E-state index contributed by atoms with van der Waals surface area (Å²) in [7, 11) is 0. The van der Waals surface area contributed by atoms with E-state index >= 15 is 0 Å². The molecular formula is C24H26N2O5. The molecule has 1 aliphatic rings. The first kappa shape index (κ1) is 22.1. The molecule has 7 nitrogen and oxygen atoms in total. The highest BCUT2D eigenvalue weighted by molar-refractivity contribution is 5.95. The number of carbonyl (C=O) groups excluding carboxylic acids is 3. The zero-order valence-corrected chi connectivity index (χ0v) is 17.8. The van der Waals surface area contributed by atoms with Gasteiger partial charge in [0.25, 0.3) is 0 Å². The molecule has 2 aromatic carbocycles. The van der Waals surface area contributed by atoms with Gasteiger partial charge in [-0.3, -0.25) is 0 Å². The van der Waals surface area contributed by atoms with Gasteiger partial charge in [0.15, 0.2) is 0 Å². The predicted molar refractivity (Wildman–Crippen MR) is 115 cm³/mol. The van der Waals surface area contributed by atoms with Crippen LogP contribution >= 0.6 is 0 Å². The molecule has 0 bridgehead atoms. The maximum atomic E-state index is 12.8. The fourth-order valence-corrected chi connectivity index (χ4v) is 3.30. The molecule has 1 heterocycles. The Kier molecular flexibility index (Phi) is 7.07. The SMILES string of the molecule is CCCC1=C(C(=O)OC(C)C)C(c2ccc(OC(=O)c3ccccc3)cc2)NC(=O)N1. The highest BCUT2D eigenvalue weighted by Crippen LogP contribution is 2.30. The van der Waals surface area contributed by atoms with Gasteiger partial charge in [0.2, 0.25) is 0 Å². The Morgan fingerprint density at radius 1 is 1.00 bits per heavy atom. The molecule has 0 aliphatic carbocycles. The third-order valence-corrected chi connectivity index (χ3v) is 4.65. The molecule has 162 valence electrons. The van der Waals surface area contributed by atoms with Crippen molar-refractivity contribution in [2.75, 3.05) is 0 Å². The van der Waals surface area contributed by atoms with E-state index < -0.39 is 18.0 Å². The minimum absolute atomic E-state index is 0.291. The van der Waals surface area contributed by atoms with E-state index in [9.17, 15) is 14.4 Å². The molecule has 0 fully saturated rings. The zero-order valence-electron chi connectivity index (χ0n) is 17.8. The average molecular weight is 422 g/mol. The van der Waals surface area contributed by atoms with Crippen LogP contribution in [0.4, 0.5) is 4.79 Å². The number of hydrogen-bond donors (Lipinski definition) is 2. The van der Waals surface area contributed by atoms with Gasteiger partial charge in [0.05, 0.1) is 23.3 Å². The Labute approximate surface area is 181 Å². The van der Waals surface area contributed by atoms with E-state index in [1.165, 1.54) is 0 Å². The molecule has 1 atom stereocenters. The van der Waals surface area contributed by atoms with Gasteiger partial charge in [-0.05, 0) is 50.1 Å². The third-order valence-electron chi connectivity index (χ3n) is 4.65. The van der Waals surface area contributed by atoms with Crippen molar-refractivity contribution in [3.8, 4) is 5.75 Å². The van der Waals surface area contributed by atoms with Crippen molar-refractivity contribution in [3.63, 3.8) is 0 Å². The summed E-state index contributed by atoms with van der Waals surface area (Å²) in [5, 5.41) is 5.53. The van der Waals surface area contributed by atoms with Gasteiger partial charge in [-0.1, -0.05) is 43.7 Å². The Balaban J connectivity index is 1.86. The van der Waals surface area contributed by atoms with Crippen molar-refractivity contribution in [2.24, 2.45) is 0 Å². The lowest BCUT2D eigenvalue weighted by Gasteiger charge is -2.30. The van der Waals surface area contributed by atoms with Gasteiger partial charge < -0.3 is 20.1 Å². The molecule has 31 heavy (non-hydrogen) atoms. The maximum absolute atomic E-state index is 12.8. The molecule has 0 saturated heterocycles. The number of esters is 2. The van der Waals surface area contributed by atoms with Crippen LogP contribution in [0.15, 0.2) is 65.9 Å². The number of allylic oxidation sites excluding steroid dienone is 1. The minimum atomic E-state index is -0.666. The van der Waals surface area contributed by atoms with Crippen LogP contribution in [0.5, 0.6) is 5.75 Å². The van der Waals surface area contributed by atoms with Crippen molar-refractivity contribution in [1.82, 2.24) is 10.6 Å². The predicted octanol–water partition coefficient (Wildman–Crippen LogP) is 4.27. The van der Waals surface area contributed by atoms with Crippen molar-refractivity contribution in [2.45, 2.75) is 45.8 Å². The molecule has 7 heteroatoms. The number of hydrogen-bond acceptors (Lipinski definition) is 5. The number of ether oxygens (including phenoxy) is 2. The van der Waals surface area contributed by atoms with E-state index in [0.29, 0.717) is 34.6 Å². The van der Waals surface area contributed by atoms with Gasteiger partial charge >= 0.3 is 18.0 Å². The summed E-state index contributed by atoms with van der Waals surface area (Å²) in [5.41, 5.74) is 2.06. The lowest BCUT2D eigenvalue weighted by atomic mass is 9.93. The first-order valence-electron chi connectivity index (χ1n) is 10.3. The van der Waals surface area contributed by atoms with Crippen LogP contribution in [0.25, 0.3) is 0 Å². The second-order valence-corrected chi connectivity index (χ2v) is 7.45. The van der Waals surface area contributed by atoms with Crippen molar-refractivity contribution in [3.05, 3.63) is 77.0 Å². The van der Waals surface area contributed by atoms with E-state index in [4.69, 9.17) is 9.47 Å². The number of benzene rings is 2. The molecule has 0 spiro atoms. The van der Waals surface area contributed by atoms with Gasteiger partial charge in [-0.2, -0.15) is 0 Å². The summed E-state index contributed by atoms with van der Waals surface area (Å²) in [6.45, 7) is 5.52. The Morgan fingerprint density at radius 3 is 2.29 bits per heavy atom. The number of nitrogens with one attached hydrogen (secondary N) is 2. The number of urea groups is 1. The number of rotatable bonds is 7. The highest BCUT2D eigenvalue weighted by atomic mass is 16.5. The normalized spacial score (nSPS) is 15.9. The second kappa shape index (κ2) is 9.93. The summed E-state index contributed by atoms with van der Waals surface area (Å²) < 4.78 is 10.8. The highest BCUT2D eigenvalue weighted by Gasteiger charge is 2.33. The number of carbonyl (C=O) groups is 3. The van der Waals surface area contributed by atoms with Crippen LogP contribution in [0.2, 0.25) is 0 Å². The van der Waals surface area contributed by atoms with Crippen molar-refractivity contribution < 1.29 is 23.9 Å². The Hall–Kier alpha value is -3.61. The molecule has 1 unspecified atom stereocenters. The summed E-state index contributed by atoms with van der Waals surface area (Å²) in [6, 6.07) is 14.4. The lowest BCUT2D eigenvalue weighted by Crippen LogP contribution is -2.46. The molecule has 3 rings (SSSR count). The zero-order chi connectivity index (χ0) is 22.4. The van der Waals surface area contributed by atoms with Gasteiger partial charge in [-0.25, -0.2) is 14.4 Å². The molecule has 2 aromatic rings. The summed E-state index contributed by atoms with van der Waals surface area (Å²) in [4.78, 5) is 37.3. The molecule has 0 aromatic heterocycles. The van der Waals surface area contributed by atoms with Crippen LogP contribution in [-0.4, -0.2) is 24.1 Å². The lowest BCUT2D eigenvalue weighted by molar-refractivity contribution is -0.143. The maximum Gasteiger partial charge on any atom is 0.343 e. The Bertz CT molecular complexity index is 981. The molecule has 0 saturated carbocycles. The molecule has 2 N–H and O–H groups in total. The van der Waals surface area contributed by atoms with E-state index in [0.717, 1.165) is 6.42 Å². The van der Waals surface area contributed by atoms with Crippen LogP contribution < -0.4 is 15.4 Å². The van der Waals surface area contributed by atoms with Crippen molar-refractivity contribution in [1.29, 1.82) is 0 Å².